The molecule has 17 aromatic rings. The summed E-state index contributed by atoms with van der Waals surface area (Å²) in [6.07, 6.45) is 0. The van der Waals surface area contributed by atoms with Crippen LogP contribution in [0, 0.1) is 11.3 Å². The van der Waals surface area contributed by atoms with E-state index < -0.39 is 8.07 Å². The first-order chi connectivity index (χ1) is 42.1. The highest BCUT2D eigenvalue weighted by Crippen LogP contribution is 2.40. The Morgan fingerprint density at radius 3 is 1.11 bits per heavy atom. The number of fused-ring (bicyclic) bond motifs is 12. The summed E-state index contributed by atoms with van der Waals surface area (Å²) < 4.78 is 9.28. The minimum Gasteiger partial charge on any atom is -0.309 e. The van der Waals surface area contributed by atoms with Crippen molar-refractivity contribution in [2.24, 2.45) is 0 Å². The lowest BCUT2D eigenvalue weighted by Crippen LogP contribution is -2.74. The lowest BCUT2D eigenvalue weighted by atomic mass is 10.1. The minimum absolute atomic E-state index is 0.568. The topological polar surface area (TPSA) is 69.3 Å². The predicted molar refractivity (Wildman–Crippen MR) is 353 cm³/mol. The van der Waals surface area contributed by atoms with Gasteiger partial charge in [-0.05, 0) is 106 Å². The van der Waals surface area contributed by atoms with E-state index in [1.165, 1.54) is 31.5 Å². The number of nitrogens with zero attached hydrogens (tertiary/aromatic N) is 7. The van der Waals surface area contributed by atoms with E-state index in [0.29, 0.717) is 11.5 Å². The second kappa shape index (κ2) is 19.1. The molecule has 8 heteroatoms. The van der Waals surface area contributed by atoms with Gasteiger partial charge >= 0.3 is 0 Å². The zero-order chi connectivity index (χ0) is 56.2. The van der Waals surface area contributed by atoms with E-state index in [2.05, 4.69) is 309 Å². The third-order valence-corrected chi connectivity index (χ3v) is 22.4. The zero-order valence-corrected chi connectivity index (χ0v) is 46.9. The van der Waals surface area contributed by atoms with Crippen LogP contribution in [0.25, 0.3) is 122 Å². The van der Waals surface area contributed by atoms with Gasteiger partial charge in [0.25, 0.3) is 0 Å². The molecular weight excluding hydrogens is 1050 g/mol. The Kier molecular flexibility index (Phi) is 10.9. The van der Waals surface area contributed by atoms with Crippen molar-refractivity contribution < 1.29 is 0 Å². The molecule has 85 heavy (non-hydrogen) atoms. The molecule has 0 fully saturated rings. The molecule has 0 amide bonds. The van der Waals surface area contributed by atoms with Crippen molar-refractivity contribution in [1.29, 1.82) is 5.26 Å². The van der Waals surface area contributed by atoms with Crippen molar-refractivity contribution in [3.8, 4) is 40.5 Å². The van der Waals surface area contributed by atoms with Gasteiger partial charge in [-0.1, -0.05) is 206 Å². The molecule has 5 aromatic heterocycles. The van der Waals surface area contributed by atoms with Gasteiger partial charge in [-0.3, -0.25) is 9.13 Å². The van der Waals surface area contributed by atoms with Crippen molar-refractivity contribution in [3.05, 3.63) is 303 Å². The van der Waals surface area contributed by atoms with E-state index in [4.69, 9.17) is 9.97 Å². The molecule has 5 heterocycles. The fourth-order valence-corrected chi connectivity index (χ4v) is 18.7. The first-order valence-corrected chi connectivity index (χ1v) is 30.8. The lowest BCUT2D eigenvalue weighted by Gasteiger charge is -2.34. The molecule has 7 nitrogen and oxygen atoms in total. The Hall–Kier alpha value is -11.4. The summed E-state index contributed by atoms with van der Waals surface area (Å²) in [5.41, 5.74) is 13.1. The number of nitriles is 1. The van der Waals surface area contributed by atoms with Crippen LogP contribution in [0.4, 0.5) is 0 Å². The van der Waals surface area contributed by atoms with Crippen molar-refractivity contribution in [2.45, 2.75) is 0 Å². The average molecular weight is 1100 g/mol. The molecule has 0 saturated carbocycles. The standard InChI is InChI=1S/C77H49N7Si/c78-50-51-36-43-73-64(46-51)61-28-12-17-33-70(61)82(73)54-39-44-74-65(47-54)62-29-13-18-34-71(62)83(74)76-49-67(52-37-41-58(42-38-52)85(55-20-4-1-5-21-55,56-22-6-2-7-23-56)57-24-8-3-9-25-57)79-77(80-76)84-72-35-19-14-30-63(72)66-48-53(40-45-75(66)84)81-68-31-15-10-26-59(68)60-27-11-16-32-69(60)81/h1-49H. The maximum Gasteiger partial charge on any atom is 0.237 e. The molecule has 12 aromatic carbocycles. The maximum absolute atomic E-state index is 9.94. The van der Waals surface area contributed by atoms with Gasteiger partial charge in [0, 0.05) is 66.1 Å². The molecule has 0 aliphatic carbocycles. The summed E-state index contributed by atoms with van der Waals surface area (Å²) in [5, 5.41) is 24.2. The summed E-state index contributed by atoms with van der Waals surface area (Å²) in [7, 11) is -2.83. The van der Waals surface area contributed by atoms with Crippen LogP contribution in [-0.4, -0.2) is 36.3 Å². The molecule has 0 spiro atoms. The van der Waals surface area contributed by atoms with Crippen LogP contribution in [0.5, 0.6) is 0 Å². The number of hydrogen-bond donors (Lipinski definition) is 0. The highest BCUT2D eigenvalue weighted by Gasteiger charge is 2.41. The van der Waals surface area contributed by atoms with E-state index in [1.54, 1.807) is 0 Å². The van der Waals surface area contributed by atoms with Crippen molar-refractivity contribution in [2.75, 3.05) is 0 Å². The SMILES string of the molecule is N#Cc1ccc2c(c1)c1ccccc1n2-c1ccc2c(c1)c1ccccc1n2-c1cc(-c2ccc([Si](c3ccccc3)(c3ccccc3)c3ccccc3)cc2)nc(-n2c3ccccc3c3cc(-n4c5ccccc5c5ccccc54)ccc32)n1. The molecule has 0 bridgehead atoms. The number of para-hydroxylation sites is 5. The first-order valence-electron chi connectivity index (χ1n) is 28.8. The summed E-state index contributed by atoms with van der Waals surface area (Å²) in [5.74, 6) is 1.32. The number of hydrogen-bond acceptors (Lipinski definition) is 3. The Balaban J connectivity index is 0.903. The van der Waals surface area contributed by atoms with E-state index in [1.807, 2.05) is 12.1 Å². The van der Waals surface area contributed by atoms with Gasteiger partial charge in [0.2, 0.25) is 5.95 Å². The fraction of sp³-hybridized carbons (Fsp3) is 0. The van der Waals surface area contributed by atoms with Gasteiger partial charge in [-0.2, -0.15) is 10.2 Å². The van der Waals surface area contributed by atoms with Crippen LogP contribution in [0.15, 0.2) is 297 Å². The lowest BCUT2D eigenvalue weighted by molar-refractivity contribution is 0.952. The highest BCUT2D eigenvalue weighted by atomic mass is 28.3. The van der Waals surface area contributed by atoms with Crippen LogP contribution in [0.1, 0.15) is 5.56 Å². The van der Waals surface area contributed by atoms with E-state index in [9.17, 15) is 5.26 Å². The quantitative estimate of drug-likeness (QED) is 0.107. The third-order valence-electron chi connectivity index (χ3n) is 17.6. The molecule has 0 aliphatic heterocycles. The summed E-state index contributed by atoms with van der Waals surface area (Å²) in [4.78, 5) is 11.4. The second-order valence-electron chi connectivity index (χ2n) is 22.0. The Morgan fingerprint density at radius 1 is 0.282 bits per heavy atom. The molecule has 0 saturated heterocycles. The third kappa shape index (κ3) is 7.31. The van der Waals surface area contributed by atoms with E-state index >= 15 is 0 Å². The monoisotopic (exact) mass is 1100 g/mol. The molecule has 396 valence electrons. The van der Waals surface area contributed by atoms with E-state index in [0.717, 1.165) is 105 Å². The Labute approximate surface area is 490 Å². The normalized spacial score (nSPS) is 12.0. The molecule has 0 atom stereocenters. The molecule has 0 unspecified atom stereocenters. The summed E-state index contributed by atoms with van der Waals surface area (Å²) in [6, 6.07) is 110. The van der Waals surface area contributed by atoms with Crippen LogP contribution < -0.4 is 20.7 Å². The second-order valence-corrected chi connectivity index (χ2v) is 25.8. The molecule has 0 radical (unpaired) electrons. The van der Waals surface area contributed by atoms with Gasteiger partial charge in [0.05, 0.1) is 61.5 Å². The van der Waals surface area contributed by atoms with E-state index in [-0.39, 0.29) is 0 Å². The molecule has 0 aliphatic rings. The van der Waals surface area contributed by atoms with Gasteiger partial charge in [-0.25, -0.2) is 4.98 Å². The van der Waals surface area contributed by atoms with Crippen LogP contribution in [-0.2, 0) is 0 Å². The molecule has 17 rings (SSSR count). The van der Waals surface area contributed by atoms with Gasteiger partial charge in [0.1, 0.15) is 5.82 Å². The zero-order valence-electron chi connectivity index (χ0n) is 45.9. The van der Waals surface area contributed by atoms with Crippen molar-refractivity contribution in [1.82, 2.24) is 28.2 Å². The first kappa shape index (κ1) is 48.3. The van der Waals surface area contributed by atoms with Gasteiger partial charge in [-0.15, -0.1) is 0 Å². The smallest absolute Gasteiger partial charge is 0.237 e. The number of rotatable bonds is 9. The highest BCUT2D eigenvalue weighted by molar-refractivity contribution is 7.19. The van der Waals surface area contributed by atoms with Crippen molar-refractivity contribution >= 4 is 116 Å². The van der Waals surface area contributed by atoms with Gasteiger partial charge in [0.15, 0.2) is 8.07 Å². The fourth-order valence-electron chi connectivity index (χ4n) is 13.9. The number of benzene rings is 12. The van der Waals surface area contributed by atoms with Crippen LogP contribution in [0.2, 0.25) is 0 Å². The number of aromatic nitrogens is 6. The molecular formula is C77H49N7Si. The largest absolute Gasteiger partial charge is 0.309 e. The summed E-state index contributed by atoms with van der Waals surface area (Å²) >= 11 is 0. The van der Waals surface area contributed by atoms with Gasteiger partial charge < -0.3 is 9.13 Å². The minimum atomic E-state index is -2.83. The molecule has 0 N–H and O–H groups in total. The van der Waals surface area contributed by atoms with Crippen molar-refractivity contribution in [3.63, 3.8) is 0 Å². The van der Waals surface area contributed by atoms with Crippen LogP contribution >= 0.6 is 0 Å². The van der Waals surface area contributed by atoms with Crippen LogP contribution in [0.3, 0.4) is 0 Å². The Morgan fingerprint density at radius 2 is 0.635 bits per heavy atom. The average Bonchev–Trinajstić information content (AvgIpc) is 2.61. The Bertz CT molecular complexity index is 5400. The predicted octanol–water partition coefficient (Wildman–Crippen LogP) is 15.8. The summed E-state index contributed by atoms with van der Waals surface area (Å²) in [6.45, 7) is 0. The maximum atomic E-state index is 9.94.